The summed E-state index contributed by atoms with van der Waals surface area (Å²) >= 11 is 5.32. The first-order chi connectivity index (χ1) is 9.08. The Morgan fingerprint density at radius 1 is 1.42 bits per heavy atom. The van der Waals surface area contributed by atoms with Crippen LogP contribution in [-0.2, 0) is 11.3 Å². The number of imidazole rings is 1. The molecule has 0 unspecified atom stereocenters. The van der Waals surface area contributed by atoms with Gasteiger partial charge in [0.25, 0.3) is 0 Å². The summed E-state index contributed by atoms with van der Waals surface area (Å²) in [6, 6.07) is 2.06. The number of rotatable bonds is 6. The highest BCUT2D eigenvalue weighted by atomic mass is 32.1. The summed E-state index contributed by atoms with van der Waals surface area (Å²) in [5, 5.41) is 0. The zero-order chi connectivity index (χ0) is 13.8. The van der Waals surface area contributed by atoms with E-state index in [1.807, 2.05) is 31.8 Å². The molecule has 5 nitrogen and oxygen atoms in total. The number of aromatic amines is 1. The number of ether oxygens (including phenoxy) is 1. The highest BCUT2D eigenvalue weighted by Crippen LogP contribution is 2.12. The highest BCUT2D eigenvalue weighted by molar-refractivity contribution is 7.71. The Balaban J connectivity index is 2.00. The molecule has 1 N–H and O–H groups in total. The lowest BCUT2D eigenvalue weighted by Gasteiger charge is -2.10. The Bertz CT molecular complexity index is 602. The number of hydrogen-bond acceptors (Lipinski definition) is 4. The lowest BCUT2D eigenvalue weighted by atomic mass is 10.3. The normalized spacial score (nSPS) is 11.6. The average Bonchev–Trinajstić information content (AvgIpc) is 2.64. The molecule has 0 saturated carbocycles. The van der Waals surface area contributed by atoms with Crippen molar-refractivity contribution in [1.82, 2.24) is 19.4 Å². The van der Waals surface area contributed by atoms with Crippen LogP contribution in [0.2, 0.25) is 0 Å². The summed E-state index contributed by atoms with van der Waals surface area (Å²) in [6.45, 7) is 5.05. The van der Waals surface area contributed by atoms with E-state index in [2.05, 4.69) is 20.9 Å². The van der Waals surface area contributed by atoms with Crippen LogP contribution >= 0.6 is 12.2 Å². The van der Waals surface area contributed by atoms with Gasteiger partial charge in [-0.05, 0) is 44.9 Å². The summed E-state index contributed by atoms with van der Waals surface area (Å²) in [5.74, 6) is 0. The fourth-order valence-electron chi connectivity index (χ4n) is 1.86. The molecule has 0 fully saturated rings. The van der Waals surface area contributed by atoms with Gasteiger partial charge in [-0.15, -0.1) is 0 Å². The van der Waals surface area contributed by atoms with E-state index in [0.717, 1.165) is 36.4 Å². The van der Waals surface area contributed by atoms with Gasteiger partial charge < -0.3 is 14.6 Å². The van der Waals surface area contributed by atoms with Crippen LogP contribution in [0.4, 0.5) is 0 Å². The van der Waals surface area contributed by atoms with Crippen molar-refractivity contribution in [3.63, 3.8) is 0 Å². The first-order valence-electron chi connectivity index (χ1n) is 6.35. The number of fused-ring (bicyclic) bond motifs is 1. The number of likely N-dealkylation sites (N-methyl/N-ethyl adjacent to an activating group) is 1. The van der Waals surface area contributed by atoms with Crippen molar-refractivity contribution in [2.24, 2.45) is 0 Å². The van der Waals surface area contributed by atoms with E-state index >= 15 is 0 Å². The molecule has 2 aromatic heterocycles. The lowest BCUT2D eigenvalue weighted by Crippen LogP contribution is -2.19. The zero-order valence-electron chi connectivity index (χ0n) is 11.6. The second-order valence-corrected chi connectivity index (χ2v) is 5.27. The number of H-pyrrole nitrogens is 1. The minimum Gasteiger partial charge on any atom is -0.378 e. The predicted octanol–water partition coefficient (Wildman–Crippen LogP) is 1.98. The number of aromatic nitrogens is 3. The number of hydrogen-bond donors (Lipinski definition) is 1. The molecule has 2 aromatic rings. The van der Waals surface area contributed by atoms with Gasteiger partial charge in [-0.3, -0.25) is 4.57 Å². The van der Waals surface area contributed by atoms with Gasteiger partial charge in [0.05, 0.1) is 25.3 Å². The summed E-state index contributed by atoms with van der Waals surface area (Å²) in [5.41, 5.74) is 3.00. The second kappa shape index (κ2) is 6.27. The fraction of sp³-hybridized carbons (Fsp3) is 0.538. The van der Waals surface area contributed by atoms with E-state index in [9.17, 15) is 0 Å². The number of pyridine rings is 1. The Labute approximate surface area is 118 Å². The molecule has 0 atom stereocenters. The van der Waals surface area contributed by atoms with E-state index in [4.69, 9.17) is 17.0 Å². The average molecular weight is 280 g/mol. The van der Waals surface area contributed by atoms with Crippen LogP contribution in [0.1, 0.15) is 5.56 Å². The van der Waals surface area contributed by atoms with Crippen molar-refractivity contribution in [1.29, 1.82) is 0 Å². The SMILES string of the molecule is Cc1cnc2c(c1)[nH]c(=S)n2CCOCCN(C)C. The molecule has 104 valence electrons. The van der Waals surface area contributed by atoms with Gasteiger partial charge in [-0.25, -0.2) is 4.98 Å². The molecular formula is C13H20N4OS. The fourth-order valence-corrected chi connectivity index (χ4v) is 2.15. The topological polar surface area (TPSA) is 46.1 Å². The number of nitrogens with zero attached hydrogens (tertiary/aromatic N) is 3. The predicted molar refractivity (Wildman–Crippen MR) is 79.0 cm³/mol. The number of nitrogens with one attached hydrogen (secondary N) is 1. The maximum absolute atomic E-state index is 5.59. The molecule has 0 amide bonds. The Morgan fingerprint density at radius 2 is 2.21 bits per heavy atom. The smallest absolute Gasteiger partial charge is 0.179 e. The third kappa shape index (κ3) is 3.62. The Morgan fingerprint density at radius 3 is 2.95 bits per heavy atom. The van der Waals surface area contributed by atoms with Crippen molar-refractivity contribution in [3.05, 3.63) is 22.6 Å². The van der Waals surface area contributed by atoms with Crippen LogP contribution in [0.25, 0.3) is 11.2 Å². The van der Waals surface area contributed by atoms with Crippen LogP contribution in [0.15, 0.2) is 12.3 Å². The van der Waals surface area contributed by atoms with Crippen molar-refractivity contribution < 1.29 is 4.74 Å². The molecule has 0 aromatic carbocycles. The van der Waals surface area contributed by atoms with Crippen LogP contribution in [0.3, 0.4) is 0 Å². The molecule has 0 spiro atoms. The van der Waals surface area contributed by atoms with E-state index in [0.29, 0.717) is 11.4 Å². The van der Waals surface area contributed by atoms with Crippen molar-refractivity contribution in [2.75, 3.05) is 33.9 Å². The minimum atomic E-state index is 0.644. The summed E-state index contributed by atoms with van der Waals surface area (Å²) in [6.07, 6.45) is 1.86. The quantitative estimate of drug-likeness (QED) is 0.649. The third-order valence-electron chi connectivity index (χ3n) is 2.89. The summed E-state index contributed by atoms with van der Waals surface area (Å²) < 4.78 is 8.28. The third-order valence-corrected chi connectivity index (χ3v) is 3.21. The molecule has 0 saturated heterocycles. The van der Waals surface area contributed by atoms with E-state index in [-0.39, 0.29) is 0 Å². The molecule has 2 rings (SSSR count). The van der Waals surface area contributed by atoms with Gasteiger partial charge in [-0.1, -0.05) is 0 Å². The molecule has 0 radical (unpaired) electrons. The molecule has 0 aliphatic carbocycles. The Kier molecular flexibility index (Phi) is 4.68. The summed E-state index contributed by atoms with van der Waals surface area (Å²) in [7, 11) is 4.07. The van der Waals surface area contributed by atoms with Crippen molar-refractivity contribution >= 4 is 23.4 Å². The van der Waals surface area contributed by atoms with Gasteiger partial charge in [-0.2, -0.15) is 0 Å². The molecule has 0 aliphatic rings. The van der Waals surface area contributed by atoms with Crippen LogP contribution in [0.5, 0.6) is 0 Å². The van der Waals surface area contributed by atoms with E-state index in [1.54, 1.807) is 0 Å². The second-order valence-electron chi connectivity index (χ2n) is 4.88. The standard InChI is InChI=1S/C13H20N4OS/c1-10-8-11-12(14-9-10)17(13(19)15-11)5-7-18-6-4-16(2)3/h8-9H,4-7H2,1-3H3,(H,15,19). The van der Waals surface area contributed by atoms with Crippen molar-refractivity contribution in [2.45, 2.75) is 13.5 Å². The molecular weight excluding hydrogens is 260 g/mol. The first kappa shape index (κ1) is 14.2. The molecule has 6 heteroatoms. The maximum Gasteiger partial charge on any atom is 0.179 e. The highest BCUT2D eigenvalue weighted by Gasteiger charge is 2.05. The van der Waals surface area contributed by atoms with Crippen LogP contribution < -0.4 is 0 Å². The lowest BCUT2D eigenvalue weighted by molar-refractivity contribution is 0.111. The van der Waals surface area contributed by atoms with Crippen LogP contribution in [-0.4, -0.2) is 53.3 Å². The zero-order valence-corrected chi connectivity index (χ0v) is 12.5. The van der Waals surface area contributed by atoms with E-state index < -0.39 is 0 Å². The molecule has 19 heavy (non-hydrogen) atoms. The van der Waals surface area contributed by atoms with Gasteiger partial charge in [0.1, 0.15) is 0 Å². The molecule has 2 heterocycles. The number of aryl methyl sites for hydroxylation is 1. The van der Waals surface area contributed by atoms with E-state index in [1.165, 1.54) is 0 Å². The largest absolute Gasteiger partial charge is 0.378 e. The maximum atomic E-state index is 5.59. The Hall–Kier alpha value is -1.24. The summed E-state index contributed by atoms with van der Waals surface area (Å²) in [4.78, 5) is 9.71. The van der Waals surface area contributed by atoms with Gasteiger partial charge in [0.15, 0.2) is 10.4 Å². The molecule has 0 aliphatic heterocycles. The first-order valence-corrected chi connectivity index (χ1v) is 6.76. The minimum absolute atomic E-state index is 0.644. The monoisotopic (exact) mass is 280 g/mol. The van der Waals surface area contributed by atoms with Crippen LogP contribution in [0, 0.1) is 11.7 Å². The van der Waals surface area contributed by atoms with Crippen molar-refractivity contribution in [3.8, 4) is 0 Å². The van der Waals surface area contributed by atoms with Gasteiger partial charge >= 0.3 is 0 Å². The molecule has 0 bridgehead atoms. The van der Waals surface area contributed by atoms with Gasteiger partial charge in [0, 0.05) is 12.7 Å². The van der Waals surface area contributed by atoms with Gasteiger partial charge in [0.2, 0.25) is 0 Å².